The van der Waals surface area contributed by atoms with Crippen LogP contribution in [0.3, 0.4) is 0 Å². The molecule has 0 bridgehead atoms. The van der Waals surface area contributed by atoms with Gasteiger partial charge in [0.1, 0.15) is 11.6 Å². The minimum atomic E-state index is -0.641. The van der Waals surface area contributed by atoms with Gasteiger partial charge < -0.3 is 4.74 Å². The SMILES string of the molecule is COC(=O)/C=C1/S/C(=N\N=Cc2ccc(-c3ccc(F)cc3F)cc2)NC1=O. The van der Waals surface area contributed by atoms with E-state index in [1.807, 2.05) is 0 Å². The summed E-state index contributed by atoms with van der Waals surface area (Å²) in [6, 6.07) is 10.1. The van der Waals surface area contributed by atoms with Gasteiger partial charge in [-0.15, -0.1) is 5.10 Å². The van der Waals surface area contributed by atoms with Crippen LogP contribution in [0.15, 0.2) is 63.6 Å². The first-order valence-corrected chi connectivity index (χ1v) is 8.73. The topological polar surface area (TPSA) is 80.1 Å². The number of ether oxygens (including phenoxy) is 1. The number of hydrogen-bond acceptors (Lipinski definition) is 6. The van der Waals surface area contributed by atoms with E-state index < -0.39 is 23.5 Å². The molecular formula is C19H13F2N3O3S. The fraction of sp³-hybridized carbons (Fsp3) is 0.0526. The highest BCUT2D eigenvalue weighted by atomic mass is 32.2. The highest BCUT2D eigenvalue weighted by molar-refractivity contribution is 8.18. The highest BCUT2D eigenvalue weighted by Gasteiger charge is 2.24. The minimum Gasteiger partial charge on any atom is -0.466 e. The Balaban J connectivity index is 1.68. The molecule has 0 aliphatic carbocycles. The molecule has 2 aromatic carbocycles. The Bertz CT molecular complexity index is 1020. The van der Waals surface area contributed by atoms with Crippen LogP contribution in [-0.2, 0) is 14.3 Å². The number of benzene rings is 2. The molecular weight excluding hydrogens is 388 g/mol. The Hall–Kier alpha value is -3.33. The molecule has 3 rings (SSSR count). The third kappa shape index (κ3) is 4.68. The van der Waals surface area contributed by atoms with Crippen LogP contribution in [0, 0.1) is 11.6 Å². The van der Waals surface area contributed by atoms with E-state index >= 15 is 0 Å². The first-order chi connectivity index (χ1) is 13.5. The lowest BCUT2D eigenvalue weighted by Crippen LogP contribution is -2.19. The molecule has 6 nitrogen and oxygen atoms in total. The molecule has 0 atom stereocenters. The molecule has 2 aromatic rings. The fourth-order valence-corrected chi connectivity index (χ4v) is 3.00. The largest absolute Gasteiger partial charge is 0.466 e. The first-order valence-electron chi connectivity index (χ1n) is 7.91. The Morgan fingerprint density at radius 2 is 1.93 bits per heavy atom. The number of amidine groups is 1. The number of methoxy groups -OCH3 is 1. The number of amides is 1. The number of thioether (sulfide) groups is 1. The van der Waals surface area contributed by atoms with E-state index in [4.69, 9.17) is 0 Å². The standard InChI is InChI=1S/C19H13F2N3O3S/c1-27-17(25)9-16-18(26)23-19(28-16)24-22-10-11-2-4-12(5-3-11)14-7-6-13(20)8-15(14)21/h2-10H,1H3,(H,23,24,26)/b16-9+,22-10?. The van der Waals surface area contributed by atoms with Gasteiger partial charge in [-0.3, -0.25) is 10.1 Å². The lowest BCUT2D eigenvalue weighted by molar-refractivity contribution is -0.135. The van der Waals surface area contributed by atoms with Gasteiger partial charge in [-0.05, 0) is 35.0 Å². The Morgan fingerprint density at radius 3 is 2.61 bits per heavy atom. The van der Waals surface area contributed by atoms with Gasteiger partial charge >= 0.3 is 5.97 Å². The van der Waals surface area contributed by atoms with Crippen molar-refractivity contribution in [2.24, 2.45) is 10.2 Å². The van der Waals surface area contributed by atoms with Crippen molar-refractivity contribution in [3.8, 4) is 11.1 Å². The fourth-order valence-electron chi connectivity index (χ4n) is 2.26. The number of nitrogens with one attached hydrogen (secondary N) is 1. The molecule has 1 N–H and O–H groups in total. The monoisotopic (exact) mass is 401 g/mol. The minimum absolute atomic E-state index is 0.159. The zero-order valence-electron chi connectivity index (χ0n) is 14.5. The molecule has 1 fully saturated rings. The summed E-state index contributed by atoms with van der Waals surface area (Å²) < 4.78 is 31.3. The van der Waals surface area contributed by atoms with Crippen LogP contribution in [0.4, 0.5) is 8.78 Å². The molecule has 1 saturated heterocycles. The van der Waals surface area contributed by atoms with Crippen molar-refractivity contribution < 1.29 is 23.1 Å². The number of hydrogen-bond donors (Lipinski definition) is 1. The number of halogens is 2. The highest BCUT2D eigenvalue weighted by Crippen LogP contribution is 2.24. The molecule has 0 spiro atoms. The van der Waals surface area contributed by atoms with E-state index in [0.717, 1.165) is 23.9 Å². The van der Waals surface area contributed by atoms with Crippen LogP contribution in [0.1, 0.15) is 5.56 Å². The second kappa shape index (κ2) is 8.57. The molecule has 1 aliphatic heterocycles. The van der Waals surface area contributed by atoms with E-state index in [2.05, 4.69) is 20.3 Å². The summed E-state index contributed by atoms with van der Waals surface area (Å²) in [5.41, 5.74) is 1.58. The quantitative estimate of drug-likeness (QED) is 0.369. The molecule has 9 heteroatoms. The zero-order chi connectivity index (χ0) is 20.1. The molecule has 1 amide bonds. The van der Waals surface area contributed by atoms with E-state index in [1.165, 1.54) is 25.5 Å². The molecule has 0 unspecified atom stereocenters. The van der Waals surface area contributed by atoms with Gasteiger partial charge in [-0.2, -0.15) is 5.10 Å². The maximum absolute atomic E-state index is 13.8. The van der Waals surface area contributed by atoms with Crippen LogP contribution in [0.25, 0.3) is 11.1 Å². The lowest BCUT2D eigenvalue weighted by atomic mass is 10.0. The van der Waals surface area contributed by atoms with Gasteiger partial charge in [-0.1, -0.05) is 24.3 Å². The van der Waals surface area contributed by atoms with Gasteiger partial charge in [0.2, 0.25) is 0 Å². The molecule has 28 heavy (non-hydrogen) atoms. The van der Waals surface area contributed by atoms with Gasteiger partial charge in [0.15, 0.2) is 5.17 Å². The van der Waals surface area contributed by atoms with Crippen molar-refractivity contribution in [2.45, 2.75) is 0 Å². The Kier molecular flexibility index (Phi) is 5.95. The smallest absolute Gasteiger partial charge is 0.331 e. The normalized spacial score (nSPS) is 16.8. The summed E-state index contributed by atoms with van der Waals surface area (Å²) in [6.07, 6.45) is 2.52. The predicted molar refractivity (Wildman–Crippen MR) is 103 cm³/mol. The van der Waals surface area contributed by atoms with Gasteiger partial charge in [0.05, 0.1) is 18.2 Å². The van der Waals surface area contributed by atoms with Gasteiger partial charge in [0.25, 0.3) is 5.91 Å². The molecule has 0 saturated carbocycles. The number of rotatable bonds is 4. The van der Waals surface area contributed by atoms with Crippen molar-refractivity contribution >= 4 is 35.0 Å². The molecule has 142 valence electrons. The van der Waals surface area contributed by atoms with Crippen molar-refractivity contribution in [3.63, 3.8) is 0 Å². The second-order valence-corrected chi connectivity index (χ2v) is 6.51. The van der Waals surface area contributed by atoms with Crippen LogP contribution in [0.5, 0.6) is 0 Å². The average molecular weight is 401 g/mol. The summed E-state index contributed by atoms with van der Waals surface area (Å²) in [5.74, 6) is -2.38. The predicted octanol–water partition coefficient (Wildman–Crippen LogP) is 3.24. The number of esters is 1. The van der Waals surface area contributed by atoms with Crippen molar-refractivity contribution in [2.75, 3.05) is 7.11 Å². The summed E-state index contributed by atoms with van der Waals surface area (Å²) >= 11 is 0.964. The lowest BCUT2D eigenvalue weighted by Gasteiger charge is -2.03. The van der Waals surface area contributed by atoms with Crippen LogP contribution >= 0.6 is 11.8 Å². The average Bonchev–Trinajstić information content (AvgIpc) is 3.01. The first kappa shape index (κ1) is 19.4. The summed E-state index contributed by atoms with van der Waals surface area (Å²) in [5, 5.41) is 10.5. The van der Waals surface area contributed by atoms with Crippen molar-refractivity contribution in [1.82, 2.24) is 5.32 Å². The van der Waals surface area contributed by atoms with Gasteiger partial charge in [-0.25, -0.2) is 13.6 Å². The molecule has 1 aliphatic rings. The van der Waals surface area contributed by atoms with Crippen molar-refractivity contribution in [1.29, 1.82) is 0 Å². The van der Waals surface area contributed by atoms with Crippen LogP contribution < -0.4 is 5.32 Å². The maximum Gasteiger partial charge on any atom is 0.331 e. The molecule has 0 aromatic heterocycles. The van der Waals surface area contributed by atoms with Crippen molar-refractivity contribution in [3.05, 3.63) is 70.6 Å². The number of carbonyl (C=O) groups is 2. The van der Waals surface area contributed by atoms with E-state index in [-0.39, 0.29) is 10.1 Å². The molecule has 1 heterocycles. The van der Waals surface area contributed by atoms with E-state index in [0.29, 0.717) is 16.7 Å². The Morgan fingerprint density at radius 1 is 1.18 bits per heavy atom. The second-order valence-electron chi connectivity index (χ2n) is 5.48. The number of nitrogens with zero attached hydrogens (tertiary/aromatic N) is 2. The van der Waals surface area contributed by atoms with Gasteiger partial charge in [0, 0.05) is 17.7 Å². The third-order valence-corrected chi connectivity index (χ3v) is 4.51. The summed E-state index contributed by atoms with van der Waals surface area (Å²) in [7, 11) is 1.21. The zero-order valence-corrected chi connectivity index (χ0v) is 15.3. The van der Waals surface area contributed by atoms with E-state index in [9.17, 15) is 18.4 Å². The maximum atomic E-state index is 13.8. The summed E-state index contributed by atoms with van der Waals surface area (Å²) in [6.45, 7) is 0. The van der Waals surface area contributed by atoms with Crippen LogP contribution in [0.2, 0.25) is 0 Å². The Labute approximate surface area is 163 Å². The summed E-state index contributed by atoms with van der Waals surface area (Å²) in [4.78, 5) is 23.0. The molecule has 0 radical (unpaired) electrons. The third-order valence-electron chi connectivity index (χ3n) is 3.61. The van der Waals surface area contributed by atoms with E-state index in [1.54, 1.807) is 24.3 Å². The number of carbonyl (C=O) groups excluding carboxylic acids is 2. The van der Waals surface area contributed by atoms with Crippen LogP contribution in [-0.4, -0.2) is 30.4 Å².